The van der Waals surface area contributed by atoms with Crippen LogP contribution in [-0.4, -0.2) is 25.4 Å². The van der Waals surface area contributed by atoms with Crippen molar-refractivity contribution < 1.29 is 4.79 Å². The van der Waals surface area contributed by atoms with Gasteiger partial charge < -0.3 is 10.3 Å². The Bertz CT molecular complexity index is 781. The van der Waals surface area contributed by atoms with Crippen molar-refractivity contribution in [1.82, 2.24) is 19.5 Å². The van der Waals surface area contributed by atoms with Crippen LogP contribution < -0.4 is 5.73 Å². The molecule has 0 unspecified atom stereocenters. The number of carbonyl (C=O) groups is 1. The summed E-state index contributed by atoms with van der Waals surface area (Å²) in [5.41, 5.74) is 6.45. The number of halogens is 2. The Morgan fingerprint density at radius 2 is 1.90 bits per heavy atom. The molecule has 0 aliphatic carbocycles. The van der Waals surface area contributed by atoms with E-state index in [1.54, 1.807) is 22.8 Å². The Hall–Kier alpha value is -2.18. The molecule has 1 amide bonds. The summed E-state index contributed by atoms with van der Waals surface area (Å²) in [5, 5.41) is 1.09. The Labute approximate surface area is 129 Å². The molecular formula is C13H9Cl2N5O. The number of nitrogens with two attached hydrogens (primary N) is 1. The van der Waals surface area contributed by atoms with Crippen LogP contribution in [-0.2, 0) is 6.54 Å². The Morgan fingerprint density at radius 1 is 1.19 bits per heavy atom. The van der Waals surface area contributed by atoms with Gasteiger partial charge >= 0.3 is 0 Å². The van der Waals surface area contributed by atoms with E-state index in [-0.39, 0.29) is 5.69 Å². The topological polar surface area (TPSA) is 86.7 Å². The molecule has 1 aromatic rings. The summed E-state index contributed by atoms with van der Waals surface area (Å²) in [4.78, 5) is 23.5. The van der Waals surface area contributed by atoms with Gasteiger partial charge in [0.25, 0.3) is 5.91 Å². The van der Waals surface area contributed by atoms with Gasteiger partial charge in [-0.3, -0.25) is 4.79 Å². The van der Waals surface area contributed by atoms with Crippen molar-refractivity contribution in [2.24, 2.45) is 5.73 Å². The van der Waals surface area contributed by atoms with E-state index >= 15 is 0 Å². The summed E-state index contributed by atoms with van der Waals surface area (Å²) in [6.45, 7) is 0.361. The van der Waals surface area contributed by atoms with Crippen molar-refractivity contribution in [3.8, 4) is 11.5 Å². The predicted octanol–water partition coefficient (Wildman–Crippen LogP) is 2.23. The molecule has 106 valence electrons. The number of hydrogen-bond acceptors (Lipinski definition) is 4. The smallest absolute Gasteiger partial charge is 0.269 e. The van der Waals surface area contributed by atoms with Gasteiger partial charge in [-0.25, -0.2) is 15.0 Å². The van der Waals surface area contributed by atoms with Crippen LogP contribution in [0.2, 0.25) is 10.0 Å². The number of primary amides is 1. The molecule has 0 radical (unpaired) electrons. The molecule has 2 N–H and O–H groups in total. The molecule has 8 heteroatoms. The van der Waals surface area contributed by atoms with Gasteiger partial charge in [0.2, 0.25) is 0 Å². The molecule has 0 aromatic heterocycles. The quantitative estimate of drug-likeness (QED) is 0.801. The van der Waals surface area contributed by atoms with Crippen LogP contribution in [0.3, 0.4) is 0 Å². The fourth-order valence-corrected chi connectivity index (χ4v) is 2.55. The fourth-order valence-electron chi connectivity index (χ4n) is 2.03. The van der Waals surface area contributed by atoms with E-state index < -0.39 is 5.91 Å². The normalized spacial score (nSPS) is 11.0. The molecule has 2 aliphatic rings. The molecule has 1 aromatic carbocycles. The third-order valence-electron chi connectivity index (χ3n) is 3.02. The van der Waals surface area contributed by atoms with E-state index in [2.05, 4.69) is 15.0 Å². The van der Waals surface area contributed by atoms with Crippen molar-refractivity contribution in [2.45, 2.75) is 6.54 Å². The lowest BCUT2D eigenvalue weighted by molar-refractivity contribution is 0.0995. The molecule has 0 saturated heterocycles. The Balaban J connectivity index is 2.08. The number of benzene rings is 1. The minimum Gasteiger partial charge on any atom is -0.364 e. The number of aromatic nitrogens is 4. The van der Waals surface area contributed by atoms with Gasteiger partial charge in [0.05, 0.1) is 12.9 Å². The maximum absolute atomic E-state index is 11.3. The fraction of sp³-hybridized carbons (Fsp3) is 0.0769. The molecule has 6 nitrogen and oxygen atoms in total. The maximum atomic E-state index is 11.3. The number of fused-ring (bicyclic) bond motifs is 1. The molecule has 0 saturated carbocycles. The highest BCUT2D eigenvalue weighted by Crippen LogP contribution is 2.27. The van der Waals surface area contributed by atoms with Crippen LogP contribution in [0.15, 0.2) is 30.9 Å². The first-order valence-corrected chi connectivity index (χ1v) is 6.72. The lowest BCUT2D eigenvalue weighted by atomic mass is 10.2. The second kappa shape index (κ2) is 5.31. The van der Waals surface area contributed by atoms with E-state index in [1.807, 2.05) is 0 Å². The lowest BCUT2D eigenvalue weighted by Gasteiger charge is -2.13. The Morgan fingerprint density at radius 3 is 2.57 bits per heavy atom. The van der Waals surface area contributed by atoms with E-state index in [0.29, 0.717) is 28.1 Å². The van der Waals surface area contributed by atoms with Gasteiger partial charge in [-0.05, 0) is 12.1 Å². The van der Waals surface area contributed by atoms with Crippen LogP contribution in [0.4, 0.5) is 0 Å². The number of carbonyl (C=O) groups excluding carboxylic acids is 1. The first kappa shape index (κ1) is 13.8. The summed E-state index contributed by atoms with van der Waals surface area (Å²) in [6.07, 6.45) is 2.82. The summed E-state index contributed by atoms with van der Waals surface area (Å²) in [7, 11) is 0. The molecule has 0 bridgehead atoms. The van der Waals surface area contributed by atoms with Gasteiger partial charge in [0.15, 0.2) is 11.5 Å². The number of imidazole rings is 1. The average molecular weight is 322 g/mol. The third-order valence-corrected chi connectivity index (χ3v) is 3.73. The predicted molar refractivity (Wildman–Crippen MR) is 78.5 cm³/mol. The maximum Gasteiger partial charge on any atom is 0.269 e. The van der Waals surface area contributed by atoms with E-state index in [0.717, 1.165) is 5.56 Å². The van der Waals surface area contributed by atoms with Crippen molar-refractivity contribution in [3.63, 3.8) is 0 Å². The van der Waals surface area contributed by atoms with Crippen LogP contribution in [0.1, 0.15) is 16.1 Å². The zero-order valence-corrected chi connectivity index (χ0v) is 12.1. The Kier molecular flexibility index (Phi) is 3.48. The zero-order chi connectivity index (χ0) is 15.0. The first-order chi connectivity index (χ1) is 10.1. The van der Waals surface area contributed by atoms with Gasteiger partial charge in [0.1, 0.15) is 12.0 Å². The van der Waals surface area contributed by atoms with Crippen molar-refractivity contribution >= 4 is 29.1 Å². The van der Waals surface area contributed by atoms with Crippen molar-refractivity contribution in [1.29, 1.82) is 0 Å². The van der Waals surface area contributed by atoms with Crippen LogP contribution in [0.25, 0.3) is 11.5 Å². The molecule has 2 heterocycles. The molecule has 0 fully saturated rings. The molecular weight excluding hydrogens is 313 g/mol. The summed E-state index contributed by atoms with van der Waals surface area (Å²) < 4.78 is 1.71. The van der Waals surface area contributed by atoms with Gasteiger partial charge in [-0.1, -0.05) is 29.3 Å². The molecule has 0 atom stereocenters. The van der Waals surface area contributed by atoms with Crippen LogP contribution in [0, 0.1) is 0 Å². The number of hydrogen-bond donors (Lipinski definition) is 1. The second-order valence-electron chi connectivity index (χ2n) is 4.33. The highest BCUT2D eigenvalue weighted by molar-refractivity contribution is 6.35. The summed E-state index contributed by atoms with van der Waals surface area (Å²) >= 11 is 12.3. The standard InChI is InChI=1S/C13H9Cl2N5O/c14-8-2-1-3-9(15)7(8)4-20-6-19-10(12(16)21)11-13(20)18-5-17-11/h1-3,5-6H,4H2,(H2,16,21). The molecule has 2 aliphatic heterocycles. The van der Waals surface area contributed by atoms with Crippen LogP contribution in [0.5, 0.6) is 0 Å². The molecule has 0 spiro atoms. The lowest BCUT2D eigenvalue weighted by Crippen LogP contribution is -2.18. The van der Waals surface area contributed by atoms with Gasteiger partial charge in [-0.15, -0.1) is 0 Å². The van der Waals surface area contributed by atoms with Gasteiger partial charge in [0, 0.05) is 15.6 Å². The highest BCUT2D eigenvalue weighted by Gasteiger charge is 2.20. The minimum atomic E-state index is -0.650. The number of amides is 1. The zero-order valence-electron chi connectivity index (χ0n) is 10.6. The first-order valence-electron chi connectivity index (χ1n) is 5.96. The van der Waals surface area contributed by atoms with Gasteiger partial charge in [-0.2, -0.15) is 0 Å². The van der Waals surface area contributed by atoms with E-state index in [4.69, 9.17) is 28.9 Å². The number of rotatable bonds is 3. The molecule has 3 rings (SSSR count). The number of nitrogens with zero attached hydrogens (tertiary/aromatic N) is 4. The highest BCUT2D eigenvalue weighted by atomic mass is 35.5. The third kappa shape index (κ3) is 2.43. The monoisotopic (exact) mass is 321 g/mol. The van der Waals surface area contributed by atoms with E-state index in [1.165, 1.54) is 12.7 Å². The summed E-state index contributed by atoms with van der Waals surface area (Å²) in [6, 6.07) is 5.27. The molecule has 21 heavy (non-hydrogen) atoms. The summed E-state index contributed by atoms with van der Waals surface area (Å²) in [5.74, 6) is -0.154. The van der Waals surface area contributed by atoms with Crippen molar-refractivity contribution in [2.75, 3.05) is 0 Å². The van der Waals surface area contributed by atoms with Crippen LogP contribution >= 0.6 is 23.2 Å². The largest absolute Gasteiger partial charge is 0.364 e. The SMILES string of the molecule is NC(=O)c1ncn(Cc2c(Cl)cccc2Cl)c2ncnc1-2. The second-order valence-corrected chi connectivity index (χ2v) is 5.15. The minimum absolute atomic E-state index is 0.0870. The van der Waals surface area contributed by atoms with E-state index in [9.17, 15) is 4.79 Å². The van der Waals surface area contributed by atoms with Crippen molar-refractivity contribution in [3.05, 3.63) is 52.2 Å². The average Bonchev–Trinajstić information content (AvgIpc) is 2.92.